The second kappa shape index (κ2) is 9.15. The molecular weight excluding hydrogens is 371 g/mol. The summed E-state index contributed by atoms with van der Waals surface area (Å²) in [6.07, 6.45) is -3.52. The average molecular weight is 388 g/mol. The topological polar surface area (TPSA) is 66.0 Å². The zero-order chi connectivity index (χ0) is 19.9. The van der Waals surface area contributed by atoms with Gasteiger partial charge in [-0.3, -0.25) is 0 Å². The molecule has 0 radical (unpaired) electrons. The molecule has 0 atom stereocenters. The van der Waals surface area contributed by atoms with E-state index in [0.717, 1.165) is 24.4 Å². The molecule has 0 saturated heterocycles. The van der Waals surface area contributed by atoms with Crippen LogP contribution in [-0.4, -0.2) is 30.6 Å². The summed E-state index contributed by atoms with van der Waals surface area (Å²) in [5, 5.41) is 7.81. The molecule has 0 spiro atoms. The Kier molecular flexibility index (Phi) is 6.91. The number of carbonyl (C=O) groups is 1. The molecule has 0 fully saturated rings. The molecule has 1 heterocycles. The number of rotatable bonds is 7. The van der Waals surface area contributed by atoms with Crippen LogP contribution in [0.15, 0.2) is 36.5 Å². The quantitative estimate of drug-likeness (QED) is 0.504. The number of halogens is 5. The summed E-state index contributed by atoms with van der Waals surface area (Å²) < 4.78 is 63.5. The Morgan fingerprint density at radius 2 is 1.74 bits per heavy atom. The van der Waals surface area contributed by atoms with Crippen molar-refractivity contribution >= 4 is 11.8 Å². The first-order valence-corrected chi connectivity index (χ1v) is 7.98. The zero-order valence-corrected chi connectivity index (χ0v) is 14.0. The summed E-state index contributed by atoms with van der Waals surface area (Å²) in [5.74, 6) is -1.10. The van der Waals surface area contributed by atoms with Crippen LogP contribution in [0.25, 0.3) is 0 Å². The summed E-state index contributed by atoms with van der Waals surface area (Å²) >= 11 is 0. The molecule has 3 N–H and O–H groups in total. The highest BCUT2D eigenvalue weighted by molar-refractivity contribution is 5.73. The van der Waals surface area contributed by atoms with Crippen LogP contribution in [0, 0.1) is 11.6 Å². The first-order chi connectivity index (χ1) is 12.8. The number of pyridine rings is 1. The molecular formula is C17H17F5N4O. The van der Waals surface area contributed by atoms with E-state index in [4.69, 9.17) is 0 Å². The number of amides is 2. The lowest BCUT2D eigenvalue weighted by molar-refractivity contribution is -0.137. The number of nitrogens with zero attached hydrogens (tertiary/aromatic N) is 1. The molecule has 2 aromatic rings. The van der Waals surface area contributed by atoms with Crippen LogP contribution in [0.4, 0.5) is 32.6 Å². The minimum absolute atomic E-state index is 0.155. The molecule has 0 aliphatic heterocycles. The lowest BCUT2D eigenvalue weighted by Crippen LogP contribution is -2.38. The van der Waals surface area contributed by atoms with Crippen molar-refractivity contribution in [2.45, 2.75) is 12.6 Å². The van der Waals surface area contributed by atoms with Gasteiger partial charge in [0.1, 0.15) is 17.5 Å². The number of nitrogens with one attached hydrogen (secondary N) is 3. The molecule has 146 valence electrons. The second-order valence-electron chi connectivity index (χ2n) is 5.53. The van der Waals surface area contributed by atoms with Crippen molar-refractivity contribution in [3.63, 3.8) is 0 Å². The Morgan fingerprint density at radius 1 is 1.00 bits per heavy atom. The van der Waals surface area contributed by atoms with Gasteiger partial charge in [0, 0.05) is 31.9 Å². The fraction of sp³-hybridized carbons (Fsp3) is 0.294. The summed E-state index contributed by atoms with van der Waals surface area (Å²) in [6.45, 7) is 0.597. The summed E-state index contributed by atoms with van der Waals surface area (Å²) in [6, 6.07) is 4.84. The third kappa shape index (κ3) is 6.72. The number of benzene rings is 1. The SMILES string of the molecule is O=C(NCCNc1ccc(C(F)(F)F)cn1)NCCc1ccc(F)cc1F. The summed E-state index contributed by atoms with van der Waals surface area (Å²) in [4.78, 5) is 15.2. The molecule has 5 nitrogen and oxygen atoms in total. The molecule has 0 aliphatic carbocycles. The lowest BCUT2D eigenvalue weighted by Gasteiger charge is -2.10. The van der Waals surface area contributed by atoms with Gasteiger partial charge in [0.25, 0.3) is 0 Å². The predicted molar refractivity (Wildman–Crippen MR) is 89.2 cm³/mol. The van der Waals surface area contributed by atoms with Crippen LogP contribution in [0.2, 0.25) is 0 Å². The van der Waals surface area contributed by atoms with Crippen molar-refractivity contribution in [1.29, 1.82) is 0 Å². The van der Waals surface area contributed by atoms with Gasteiger partial charge in [-0.15, -0.1) is 0 Å². The maximum atomic E-state index is 13.4. The Labute approximate surface area is 152 Å². The molecule has 0 saturated carbocycles. The molecule has 0 aliphatic rings. The normalized spacial score (nSPS) is 11.1. The van der Waals surface area contributed by atoms with Gasteiger partial charge in [-0.25, -0.2) is 18.6 Å². The molecule has 1 aromatic carbocycles. The van der Waals surface area contributed by atoms with E-state index in [0.29, 0.717) is 0 Å². The Bertz CT molecular complexity index is 765. The number of carbonyl (C=O) groups excluding carboxylic acids is 1. The summed E-state index contributed by atoms with van der Waals surface area (Å²) in [7, 11) is 0. The van der Waals surface area contributed by atoms with E-state index >= 15 is 0 Å². The van der Waals surface area contributed by atoms with E-state index < -0.39 is 29.4 Å². The van der Waals surface area contributed by atoms with E-state index in [1.807, 2.05) is 0 Å². The van der Waals surface area contributed by atoms with Crippen molar-refractivity contribution < 1.29 is 26.7 Å². The first-order valence-electron chi connectivity index (χ1n) is 7.98. The predicted octanol–water partition coefficient (Wildman–Crippen LogP) is 3.33. The van der Waals surface area contributed by atoms with Gasteiger partial charge in [0.2, 0.25) is 0 Å². The van der Waals surface area contributed by atoms with Crippen LogP contribution in [0.1, 0.15) is 11.1 Å². The zero-order valence-electron chi connectivity index (χ0n) is 14.0. The van der Waals surface area contributed by atoms with Gasteiger partial charge < -0.3 is 16.0 Å². The monoisotopic (exact) mass is 388 g/mol. The molecule has 2 rings (SSSR count). The Morgan fingerprint density at radius 3 is 2.37 bits per heavy atom. The number of hydrogen-bond donors (Lipinski definition) is 3. The van der Waals surface area contributed by atoms with E-state index in [2.05, 4.69) is 20.9 Å². The molecule has 2 amide bonds. The number of alkyl halides is 3. The van der Waals surface area contributed by atoms with Gasteiger partial charge in [0.15, 0.2) is 0 Å². The number of urea groups is 1. The highest BCUT2D eigenvalue weighted by Crippen LogP contribution is 2.28. The van der Waals surface area contributed by atoms with Gasteiger partial charge >= 0.3 is 12.2 Å². The van der Waals surface area contributed by atoms with Crippen molar-refractivity contribution in [2.75, 3.05) is 25.0 Å². The molecule has 0 bridgehead atoms. The Hall–Kier alpha value is -2.91. The van der Waals surface area contributed by atoms with E-state index in [1.54, 1.807) is 0 Å². The molecule has 27 heavy (non-hydrogen) atoms. The third-order valence-electron chi connectivity index (χ3n) is 3.50. The van der Waals surface area contributed by atoms with E-state index in [9.17, 15) is 26.7 Å². The number of aromatic nitrogens is 1. The third-order valence-corrected chi connectivity index (χ3v) is 3.50. The summed E-state index contributed by atoms with van der Waals surface area (Å²) in [5.41, 5.74) is -0.560. The minimum atomic E-state index is -4.44. The van der Waals surface area contributed by atoms with E-state index in [1.165, 1.54) is 12.1 Å². The van der Waals surface area contributed by atoms with Crippen molar-refractivity contribution in [2.24, 2.45) is 0 Å². The maximum Gasteiger partial charge on any atom is 0.417 e. The maximum absolute atomic E-state index is 13.4. The van der Waals surface area contributed by atoms with Crippen molar-refractivity contribution in [3.8, 4) is 0 Å². The number of anilines is 1. The molecule has 10 heteroatoms. The molecule has 0 unspecified atom stereocenters. The average Bonchev–Trinajstić information content (AvgIpc) is 2.60. The highest BCUT2D eigenvalue weighted by Gasteiger charge is 2.30. The van der Waals surface area contributed by atoms with Crippen LogP contribution < -0.4 is 16.0 Å². The standard InChI is InChI=1S/C17H17F5N4O/c18-13-3-1-11(14(19)9-13)5-6-24-16(27)25-8-7-23-15-4-2-12(10-26-15)17(20,21)22/h1-4,9-10H,5-8H2,(H,23,26)(H2,24,25,27). The van der Waals surface area contributed by atoms with Gasteiger partial charge in [0.05, 0.1) is 5.56 Å². The lowest BCUT2D eigenvalue weighted by atomic mass is 10.1. The fourth-order valence-corrected chi connectivity index (χ4v) is 2.13. The van der Waals surface area contributed by atoms with Crippen LogP contribution in [0.5, 0.6) is 0 Å². The largest absolute Gasteiger partial charge is 0.417 e. The van der Waals surface area contributed by atoms with Crippen LogP contribution in [-0.2, 0) is 12.6 Å². The highest BCUT2D eigenvalue weighted by atomic mass is 19.4. The van der Waals surface area contributed by atoms with Crippen molar-refractivity contribution in [1.82, 2.24) is 15.6 Å². The second-order valence-corrected chi connectivity index (χ2v) is 5.53. The van der Waals surface area contributed by atoms with Crippen LogP contribution in [0.3, 0.4) is 0 Å². The number of hydrogen-bond acceptors (Lipinski definition) is 3. The molecule has 1 aromatic heterocycles. The minimum Gasteiger partial charge on any atom is -0.368 e. The smallest absolute Gasteiger partial charge is 0.368 e. The van der Waals surface area contributed by atoms with Gasteiger partial charge in [-0.1, -0.05) is 6.07 Å². The first kappa shape index (κ1) is 20.4. The van der Waals surface area contributed by atoms with Crippen molar-refractivity contribution in [3.05, 3.63) is 59.3 Å². The van der Waals surface area contributed by atoms with Gasteiger partial charge in [-0.05, 0) is 30.2 Å². The van der Waals surface area contributed by atoms with Crippen LogP contribution >= 0.6 is 0 Å². The Balaban J connectivity index is 1.63. The van der Waals surface area contributed by atoms with Gasteiger partial charge in [-0.2, -0.15) is 13.2 Å². The fourth-order valence-electron chi connectivity index (χ4n) is 2.13. The van der Waals surface area contributed by atoms with E-state index in [-0.39, 0.29) is 37.4 Å².